The highest BCUT2D eigenvalue weighted by molar-refractivity contribution is 7.47. The standard InChI is InChI=1S/C79H134O16P2/c1-4-7-10-13-16-19-22-25-27-29-31-32-33-34-35-36-37-38-39-40-42-44-45-48-50-53-56-59-62-65-77(82)89-68-74(80)69-91-96(85,86)92-70-75(81)71-93-97(87,88)94-73-76(95-79(84)67-64-61-58-55-52-47-24-21-18-15-12-9-6-3)72-90-78(83)66-63-60-57-54-51-49-46-43-41-30-28-26-23-20-17-14-11-8-5-2/h7-8,10-12,15-17,19-21,24-28,31-32,34-35,41,43,74-76,80-81H,4-6,9,13-14,18,22-23,29-30,33,36-40,42,44-73H2,1-3H3,(H,85,86)(H,87,88)/b10-7-,11-8-,15-12-,19-16-,20-17-,24-21-,27-25-,28-26-,32-31-,35-34-,43-41-. The van der Waals surface area contributed by atoms with E-state index in [9.17, 15) is 43.5 Å². The van der Waals surface area contributed by atoms with E-state index in [4.69, 9.17) is 32.3 Å². The lowest BCUT2D eigenvalue weighted by molar-refractivity contribution is -0.161. The minimum Gasteiger partial charge on any atom is -0.463 e. The second kappa shape index (κ2) is 71.5. The van der Waals surface area contributed by atoms with E-state index >= 15 is 0 Å². The summed E-state index contributed by atoms with van der Waals surface area (Å²) >= 11 is 0. The molecule has 556 valence electrons. The van der Waals surface area contributed by atoms with Crippen LogP contribution in [0.5, 0.6) is 0 Å². The van der Waals surface area contributed by atoms with Crippen molar-refractivity contribution in [2.45, 2.75) is 309 Å². The minimum atomic E-state index is -4.93. The number of unbranched alkanes of at least 4 members (excludes halogenated alkanes) is 25. The van der Waals surface area contributed by atoms with Gasteiger partial charge in [-0.1, -0.05) is 276 Å². The molecule has 0 radical (unpaired) electrons. The van der Waals surface area contributed by atoms with Crippen LogP contribution in [0.25, 0.3) is 0 Å². The molecule has 0 saturated carbocycles. The topological polar surface area (TPSA) is 231 Å². The Hall–Kier alpha value is -4.31. The number of hydrogen-bond acceptors (Lipinski definition) is 14. The van der Waals surface area contributed by atoms with E-state index in [-0.39, 0.29) is 19.3 Å². The maximum Gasteiger partial charge on any atom is 0.472 e. The lowest BCUT2D eigenvalue weighted by atomic mass is 10.0. The van der Waals surface area contributed by atoms with Crippen LogP contribution in [-0.2, 0) is 55.8 Å². The van der Waals surface area contributed by atoms with Gasteiger partial charge in [-0.15, -0.1) is 0 Å². The van der Waals surface area contributed by atoms with Gasteiger partial charge in [-0.05, 0) is 128 Å². The summed E-state index contributed by atoms with van der Waals surface area (Å²) in [4.78, 5) is 58.5. The van der Waals surface area contributed by atoms with Crippen molar-refractivity contribution in [2.75, 3.05) is 39.6 Å². The van der Waals surface area contributed by atoms with Crippen LogP contribution in [0, 0.1) is 0 Å². The minimum absolute atomic E-state index is 0.0823. The van der Waals surface area contributed by atoms with Gasteiger partial charge in [0.15, 0.2) is 6.10 Å². The Morgan fingerprint density at radius 3 is 0.866 bits per heavy atom. The van der Waals surface area contributed by atoms with Crippen molar-refractivity contribution in [1.82, 2.24) is 0 Å². The zero-order valence-electron chi connectivity index (χ0n) is 60.5. The van der Waals surface area contributed by atoms with Crippen molar-refractivity contribution in [2.24, 2.45) is 0 Å². The molecule has 0 aliphatic carbocycles. The summed E-state index contributed by atoms with van der Waals surface area (Å²) in [6, 6.07) is 0. The summed E-state index contributed by atoms with van der Waals surface area (Å²) in [6.45, 7) is 2.35. The van der Waals surface area contributed by atoms with E-state index in [1.807, 2.05) is 0 Å². The van der Waals surface area contributed by atoms with Crippen molar-refractivity contribution in [1.29, 1.82) is 0 Å². The van der Waals surface area contributed by atoms with Crippen LogP contribution < -0.4 is 0 Å². The molecular formula is C79H134O16P2. The smallest absolute Gasteiger partial charge is 0.463 e. The molecule has 0 heterocycles. The number of carbonyl (C=O) groups is 3. The first kappa shape index (κ1) is 92.7. The predicted octanol–water partition coefficient (Wildman–Crippen LogP) is 21.5. The third kappa shape index (κ3) is 72.8. The van der Waals surface area contributed by atoms with Crippen LogP contribution in [-0.4, -0.2) is 95.9 Å². The third-order valence-electron chi connectivity index (χ3n) is 15.3. The molecule has 4 N–H and O–H groups in total. The SMILES string of the molecule is CC/C=C\C/C=C\C/C=C\C/C=C\C/C=C\CCCCCCCCCCCCCCCC(=O)OCC(O)COP(=O)(O)OCC(O)COP(=O)(O)OCC(COC(=O)CCCCCCCC/C=C\C/C=C\C/C=C\C/C=C\CC)OC(=O)CCCCCCC/C=C\C/C=C\CCC. The van der Waals surface area contributed by atoms with E-state index in [0.717, 1.165) is 173 Å². The number of hydrogen-bond donors (Lipinski definition) is 4. The largest absolute Gasteiger partial charge is 0.472 e. The van der Waals surface area contributed by atoms with Crippen molar-refractivity contribution in [3.05, 3.63) is 134 Å². The fourth-order valence-electron chi connectivity index (χ4n) is 9.69. The van der Waals surface area contributed by atoms with Crippen molar-refractivity contribution in [3.63, 3.8) is 0 Å². The van der Waals surface area contributed by atoms with Crippen molar-refractivity contribution >= 4 is 33.6 Å². The number of ether oxygens (including phenoxy) is 3. The first-order chi connectivity index (χ1) is 47.2. The fraction of sp³-hybridized carbons (Fsp3) is 0.684. The Bertz CT molecular complexity index is 2300. The van der Waals surface area contributed by atoms with Gasteiger partial charge in [-0.3, -0.25) is 32.5 Å². The number of aliphatic hydroxyl groups excluding tert-OH is 2. The second-order valence-electron chi connectivity index (χ2n) is 24.7. The van der Waals surface area contributed by atoms with Crippen LogP contribution in [0.4, 0.5) is 0 Å². The Kier molecular flexibility index (Phi) is 68.3. The van der Waals surface area contributed by atoms with Crippen molar-refractivity contribution < 1.29 is 75.8 Å². The van der Waals surface area contributed by atoms with Gasteiger partial charge in [0.2, 0.25) is 0 Å². The summed E-state index contributed by atoms with van der Waals surface area (Å²) in [5.41, 5.74) is 0. The van der Waals surface area contributed by atoms with E-state index in [1.54, 1.807) is 0 Å². The average Bonchev–Trinajstić information content (AvgIpc) is 1.64. The maximum atomic E-state index is 12.9. The Balaban J connectivity index is 4.49. The molecule has 97 heavy (non-hydrogen) atoms. The van der Waals surface area contributed by atoms with Crippen LogP contribution >= 0.6 is 15.6 Å². The molecule has 0 saturated heterocycles. The average molecular weight is 1400 g/mol. The van der Waals surface area contributed by atoms with E-state index in [1.165, 1.54) is 57.8 Å². The quantitative estimate of drug-likeness (QED) is 0.0146. The molecule has 5 unspecified atom stereocenters. The highest BCUT2D eigenvalue weighted by Gasteiger charge is 2.29. The van der Waals surface area contributed by atoms with Gasteiger partial charge in [-0.2, -0.15) is 0 Å². The number of esters is 3. The number of carbonyl (C=O) groups excluding carboxylic acids is 3. The molecule has 0 rings (SSSR count). The summed E-state index contributed by atoms with van der Waals surface area (Å²) in [5.74, 6) is -1.61. The summed E-state index contributed by atoms with van der Waals surface area (Å²) < 4.78 is 61.0. The highest BCUT2D eigenvalue weighted by Crippen LogP contribution is 2.45. The van der Waals surface area contributed by atoms with Crippen molar-refractivity contribution in [3.8, 4) is 0 Å². The molecule has 18 heteroatoms. The molecule has 0 aromatic rings. The molecule has 16 nitrogen and oxygen atoms in total. The normalized spacial score (nSPS) is 14.8. The lowest BCUT2D eigenvalue weighted by Crippen LogP contribution is -2.30. The third-order valence-corrected chi connectivity index (χ3v) is 17.2. The molecular weight excluding hydrogens is 1270 g/mol. The van der Waals surface area contributed by atoms with Crippen LogP contribution in [0.15, 0.2) is 134 Å². The summed E-state index contributed by atoms with van der Waals surface area (Å²) in [6.07, 6.45) is 85.1. The van der Waals surface area contributed by atoms with Gasteiger partial charge in [0.1, 0.15) is 25.4 Å². The predicted molar refractivity (Wildman–Crippen MR) is 399 cm³/mol. The molecule has 0 spiro atoms. The molecule has 0 bridgehead atoms. The Morgan fingerprint density at radius 1 is 0.299 bits per heavy atom. The van der Waals surface area contributed by atoms with Gasteiger partial charge in [-0.25, -0.2) is 9.13 Å². The second-order valence-corrected chi connectivity index (χ2v) is 27.6. The maximum absolute atomic E-state index is 12.9. The fourth-order valence-corrected chi connectivity index (χ4v) is 11.3. The van der Waals surface area contributed by atoms with Gasteiger partial charge >= 0.3 is 33.6 Å². The zero-order valence-corrected chi connectivity index (χ0v) is 62.2. The number of aliphatic hydroxyl groups is 2. The molecule has 0 fully saturated rings. The molecule has 5 atom stereocenters. The van der Waals surface area contributed by atoms with Crippen LogP contribution in [0.2, 0.25) is 0 Å². The molecule has 0 aromatic carbocycles. The van der Waals surface area contributed by atoms with Gasteiger partial charge in [0.05, 0.1) is 26.4 Å². The molecule has 0 aliphatic rings. The number of allylic oxidation sites excluding steroid dienone is 22. The number of phosphoric ester groups is 2. The van der Waals surface area contributed by atoms with Crippen LogP contribution in [0.1, 0.15) is 290 Å². The highest BCUT2D eigenvalue weighted by atomic mass is 31.2. The van der Waals surface area contributed by atoms with Gasteiger partial charge in [0.25, 0.3) is 0 Å². The van der Waals surface area contributed by atoms with E-state index < -0.39 is 91.5 Å². The molecule has 0 aromatic heterocycles. The van der Waals surface area contributed by atoms with Crippen LogP contribution in [0.3, 0.4) is 0 Å². The lowest BCUT2D eigenvalue weighted by Gasteiger charge is -2.21. The zero-order chi connectivity index (χ0) is 70.9. The Labute approximate surface area is 588 Å². The summed E-state index contributed by atoms with van der Waals surface area (Å²) in [5, 5.41) is 20.6. The Morgan fingerprint density at radius 2 is 0.546 bits per heavy atom. The first-order valence-corrected chi connectivity index (χ1v) is 40.5. The van der Waals surface area contributed by atoms with Gasteiger partial charge in [0, 0.05) is 19.3 Å². The number of rotatable bonds is 70. The molecule has 0 amide bonds. The molecule has 0 aliphatic heterocycles. The van der Waals surface area contributed by atoms with E-state index in [0.29, 0.717) is 19.3 Å². The number of phosphoric acid groups is 2. The van der Waals surface area contributed by atoms with Gasteiger partial charge < -0.3 is 34.2 Å². The monoisotopic (exact) mass is 1400 g/mol. The summed E-state index contributed by atoms with van der Waals surface area (Å²) in [7, 11) is -9.79. The first-order valence-electron chi connectivity index (χ1n) is 37.5. The van der Waals surface area contributed by atoms with E-state index in [2.05, 4.69) is 154 Å².